The molecule has 2 fully saturated rings. The number of carboxylic acid groups (broad SMARTS) is 5. The fraction of sp³-hybridized carbons (Fsp3) is 0.612. The Balaban J connectivity index is 0.000000360. The average Bonchev–Trinajstić information content (AvgIpc) is 3.27. The lowest BCUT2D eigenvalue weighted by atomic mass is 9.86. The summed E-state index contributed by atoms with van der Waals surface area (Å²) in [5.41, 5.74) is 1.37. The molecule has 4 rings (SSSR count). The number of hydrogen-bond donors (Lipinski definition) is 6. The van der Waals surface area contributed by atoms with E-state index in [1.165, 1.54) is 4.90 Å². The molecule has 0 aromatic carbocycles. The summed E-state index contributed by atoms with van der Waals surface area (Å²) in [5, 5.41) is 58.6. The molecule has 376 valence electrons. The Kier molecular flexibility index (Phi) is 23.9. The van der Waals surface area contributed by atoms with Crippen LogP contribution in [0, 0.1) is 11.8 Å². The molecule has 0 bridgehead atoms. The quantitative estimate of drug-likeness (QED) is 0.0595. The summed E-state index contributed by atoms with van der Waals surface area (Å²) >= 11 is 0. The molecular formula is C49H72N6O13. The summed E-state index contributed by atoms with van der Waals surface area (Å²) in [6.07, 6.45) is 9.45. The lowest BCUT2D eigenvalue weighted by Crippen LogP contribution is -2.59. The Hall–Kier alpha value is -5.63. The average molecular weight is 953 g/mol. The molecule has 2 aliphatic carbocycles. The molecule has 2 saturated carbocycles. The second-order valence-corrected chi connectivity index (χ2v) is 18.4. The first kappa shape index (κ1) is 56.7. The number of aliphatic hydroxyl groups is 1. The summed E-state index contributed by atoms with van der Waals surface area (Å²) in [4.78, 5) is 99.6. The van der Waals surface area contributed by atoms with Crippen LogP contribution in [0.15, 0.2) is 61.1 Å². The number of rotatable bonds is 28. The van der Waals surface area contributed by atoms with Gasteiger partial charge in [-0.25, -0.2) is 0 Å². The lowest BCUT2D eigenvalue weighted by molar-refractivity contribution is -0.151. The van der Waals surface area contributed by atoms with Gasteiger partial charge in [-0.2, -0.15) is 0 Å². The zero-order valence-corrected chi connectivity index (χ0v) is 39.9. The summed E-state index contributed by atoms with van der Waals surface area (Å²) in [7, 11) is 0. The Morgan fingerprint density at radius 2 is 0.941 bits per heavy atom. The summed E-state index contributed by atoms with van der Waals surface area (Å²) < 4.78 is 0. The van der Waals surface area contributed by atoms with Crippen molar-refractivity contribution in [3.05, 3.63) is 72.5 Å². The number of carbonyl (C=O) groups excluding carboxylic acids is 2. The predicted molar refractivity (Wildman–Crippen MR) is 250 cm³/mol. The number of carbonyl (C=O) groups is 7. The van der Waals surface area contributed by atoms with Crippen molar-refractivity contribution in [2.75, 3.05) is 26.2 Å². The van der Waals surface area contributed by atoms with Crippen LogP contribution in [0.1, 0.15) is 116 Å². The summed E-state index contributed by atoms with van der Waals surface area (Å²) in [6, 6.07) is 7.29. The minimum absolute atomic E-state index is 0.00200. The smallest absolute Gasteiger partial charge is 0.320 e. The van der Waals surface area contributed by atoms with E-state index in [0.717, 1.165) is 25.7 Å². The topological polar surface area (TPSA) is 280 Å². The van der Waals surface area contributed by atoms with E-state index in [2.05, 4.69) is 16.5 Å². The highest BCUT2D eigenvalue weighted by molar-refractivity contribution is 5.82. The van der Waals surface area contributed by atoms with Gasteiger partial charge >= 0.3 is 29.8 Å². The third-order valence-electron chi connectivity index (χ3n) is 12.7. The van der Waals surface area contributed by atoms with Crippen LogP contribution in [-0.4, -0.2) is 164 Å². The van der Waals surface area contributed by atoms with Gasteiger partial charge in [0.15, 0.2) is 0 Å². The number of aliphatic carboxylic acids is 5. The van der Waals surface area contributed by atoms with Gasteiger partial charge in [0, 0.05) is 74.3 Å². The molecule has 6 atom stereocenters. The molecule has 0 amide bonds. The fourth-order valence-corrected chi connectivity index (χ4v) is 9.42. The van der Waals surface area contributed by atoms with Crippen LogP contribution in [0.4, 0.5) is 0 Å². The van der Waals surface area contributed by atoms with Crippen molar-refractivity contribution >= 4 is 41.4 Å². The van der Waals surface area contributed by atoms with Gasteiger partial charge in [-0.3, -0.25) is 63.1 Å². The third-order valence-corrected chi connectivity index (χ3v) is 12.7. The second kappa shape index (κ2) is 28.6. The standard InChI is InChI=1S/C25H37N3O6.C24H35N3O7/c1-17(2)23(30)12-11-22(25(33)34)28(15-19-8-6-7-13-26-19)21-10-5-4-9-20(21)27(14-18(3)29)16-24(31)32;1-16(2)21(28)11-10-20(24(33)34)27(15-23(31)32)19-9-4-3-8-18(19)26(14-22(29)30)13-17-7-5-6-12-25-17/h6-8,13,17,20-22,29H,3-5,9-12,14-16H2,1-2H3,(H,31,32)(H,33,34);5-7,12,16,18-20H,3-4,8-11,13-15H2,1-2H3,(H,29,30)(H,31,32)(H,33,34)/t20?,21-,22?;18-,19?,20?/m00/s1. The molecule has 19 nitrogen and oxygen atoms in total. The zero-order chi connectivity index (χ0) is 50.5. The monoisotopic (exact) mass is 953 g/mol. The van der Waals surface area contributed by atoms with E-state index >= 15 is 0 Å². The largest absolute Gasteiger partial charge is 0.512 e. The van der Waals surface area contributed by atoms with Crippen LogP contribution in [0.3, 0.4) is 0 Å². The summed E-state index contributed by atoms with van der Waals surface area (Å²) in [6.45, 7) is 10.0. The molecule has 0 spiro atoms. The molecule has 2 aromatic rings. The van der Waals surface area contributed by atoms with Crippen molar-refractivity contribution in [2.45, 2.75) is 154 Å². The van der Waals surface area contributed by atoms with Crippen LogP contribution in [0.25, 0.3) is 0 Å². The first-order chi connectivity index (χ1) is 32.2. The SMILES string of the molecule is C=C(O)CN(CC(=O)O)C1CCCC[C@@H]1N(Cc1ccccn1)C(CCC(=O)C(C)C)C(=O)O.CC(C)C(=O)CCC(C(=O)O)N(CC(=O)O)C1CCCC[C@@H]1N(CC(=O)O)Cc1ccccn1. The zero-order valence-electron chi connectivity index (χ0n) is 39.9. The second-order valence-electron chi connectivity index (χ2n) is 18.4. The van der Waals surface area contributed by atoms with E-state index in [4.69, 9.17) is 0 Å². The van der Waals surface area contributed by atoms with Crippen molar-refractivity contribution in [1.29, 1.82) is 0 Å². The fourth-order valence-electron chi connectivity index (χ4n) is 9.42. The highest BCUT2D eigenvalue weighted by Crippen LogP contribution is 2.33. The third kappa shape index (κ3) is 18.8. The van der Waals surface area contributed by atoms with E-state index in [1.54, 1.807) is 68.1 Å². The first-order valence-electron chi connectivity index (χ1n) is 23.5. The van der Waals surface area contributed by atoms with Crippen molar-refractivity contribution < 1.29 is 64.2 Å². The Morgan fingerprint density at radius 3 is 1.34 bits per heavy atom. The van der Waals surface area contributed by atoms with Gasteiger partial charge in [0.2, 0.25) is 0 Å². The number of hydrogen-bond acceptors (Lipinski definition) is 14. The molecular weight excluding hydrogens is 881 g/mol. The van der Waals surface area contributed by atoms with Gasteiger partial charge in [-0.1, -0.05) is 72.1 Å². The van der Waals surface area contributed by atoms with Gasteiger partial charge in [-0.15, -0.1) is 0 Å². The molecule has 4 unspecified atom stereocenters. The van der Waals surface area contributed by atoms with Crippen LogP contribution < -0.4 is 0 Å². The molecule has 2 aromatic heterocycles. The molecule has 0 radical (unpaired) electrons. The van der Waals surface area contributed by atoms with E-state index in [0.29, 0.717) is 37.1 Å². The van der Waals surface area contributed by atoms with E-state index in [1.807, 2.05) is 23.1 Å². The molecule has 68 heavy (non-hydrogen) atoms. The van der Waals surface area contributed by atoms with E-state index in [9.17, 15) is 64.2 Å². The van der Waals surface area contributed by atoms with Crippen LogP contribution >= 0.6 is 0 Å². The van der Waals surface area contributed by atoms with Crippen LogP contribution in [0.5, 0.6) is 0 Å². The number of nitrogens with zero attached hydrogens (tertiary/aromatic N) is 6. The van der Waals surface area contributed by atoms with Crippen molar-refractivity contribution in [3.63, 3.8) is 0 Å². The van der Waals surface area contributed by atoms with Gasteiger partial charge in [0.25, 0.3) is 0 Å². The minimum Gasteiger partial charge on any atom is -0.512 e. The molecule has 0 saturated heterocycles. The molecule has 2 aliphatic rings. The number of carboxylic acids is 5. The normalized spacial score (nSPS) is 19.3. The van der Waals surface area contributed by atoms with Gasteiger partial charge < -0.3 is 30.6 Å². The molecule has 19 heteroatoms. The van der Waals surface area contributed by atoms with E-state index < -0.39 is 54.5 Å². The van der Waals surface area contributed by atoms with Crippen LogP contribution in [0.2, 0.25) is 0 Å². The number of aromatic nitrogens is 2. The number of aliphatic hydroxyl groups excluding tert-OH is 1. The molecule has 0 aliphatic heterocycles. The number of Topliss-reactive ketones (excluding diaryl/α,β-unsaturated/α-hetero) is 2. The highest BCUT2D eigenvalue weighted by atomic mass is 16.4. The maximum atomic E-state index is 12.5. The predicted octanol–water partition coefficient (Wildman–Crippen LogP) is 5.24. The van der Waals surface area contributed by atoms with E-state index in [-0.39, 0.29) is 106 Å². The number of pyridine rings is 2. The minimum atomic E-state index is -1.18. The Labute approximate surface area is 398 Å². The first-order valence-corrected chi connectivity index (χ1v) is 23.5. The maximum absolute atomic E-state index is 12.5. The molecule has 6 N–H and O–H groups in total. The van der Waals surface area contributed by atoms with Gasteiger partial charge in [-0.05, 0) is 62.8 Å². The Bertz CT molecular complexity index is 1950. The van der Waals surface area contributed by atoms with Gasteiger partial charge in [0.1, 0.15) is 23.7 Å². The number of ketones is 2. The lowest BCUT2D eigenvalue weighted by Gasteiger charge is -2.46. The van der Waals surface area contributed by atoms with Gasteiger partial charge in [0.05, 0.1) is 43.3 Å². The Morgan fingerprint density at radius 1 is 0.544 bits per heavy atom. The summed E-state index contributed by atoms with van der Waals surface area (Å²) in [5.74, 6) is -6.06. The van der Waals surface area contributed by atoms with Crippen molar-refractivity contribution in [2.24, 2.45) is 11.8 Å². The van der Waals surface area contributed by atoms with Crippen LogP contribution in [-0.2, 0) is 46.7 Å². The molecule has 2 heterocycles. The maximum Gasteiger partial charge on any atom is 0.320 e. The highest BCUT2D eigenvalue weighted by Gasteiger charge is 2.42. The van der Waals surface area contributed by atoms with Crippen molar-refractivity contribution in [1.82, 2.24) is 29.6 Å². The van der Waals surface area contributed by atoms with Crippen molar-refractivity contribution in [3.8, 4) is 0 Å².